The molecule has 0 bridgehead atoms. The summed E-state index contributed by atoms with van der Waals surface area (Å²) in [5, 5.41) is 0. The van der Waals surface area contributed by atoms with Crippen LogP contribution in [0.1, 0.15) is 45.7 Å². The Morgan fingerprint density at radius 1 is 1.07 bits per heavy atom. The average Bonchev–Trinajstić information content (AvgIpc) is 2.80. The van der Waals surface area contributed by atoms with Crippen LogP contribution in [0.15, 0.2) is 48.5 Å². The molecule has 1 fully saturated rings. The van der Waals surface area contributed by atoms with Crippen LogP contribution in [-0.2, 0) is 26.7 Å². The number of rotatable bonds is 4. The molecule has 1 atom stereocenters. The van der Waals surface area contributed by atoms with Crippen molar-refractivity contribution in [3.63, 3.8) is 0 Å². The third-order valence-electron chi connectivity index (χ3n) is 5.68. The van der Waals surface area contributed by atoms with Gasteiger partial charge in [-0.15, -0.1) is 0 Å². The van der Waals surface area contributed by atoms with E-state index in [9.17, 15) is 8.42 Å². The first-order chi connectivity index (χ1) is 13.6. The van der Waals surface area contributed by atoms with E-state index < -0.39 is 10.0 Å². The van der Waals surface area contributed by atoms with Crippen LogP contribution in [0.5, 0.6) is 0 Å². The Kier molecular flexibility index (Phi) is 6.51. The van der Waals surface area contributed by atoms with Gasteiger partial charge in [-0.1, -0.05) is 83.1 Å². The lowest BCUT2D eigenvalue weighted by Gasteiger charge is -2.31. The number of hydrogen-bond donors (Lipinski definition) is 0. The summed E-state index contributed by atoms with van der Waals surface area (Å²) in [6, 6.07) is 16.6. The van der Waals surface area contributed by atoms with Gasteiger partial charge >= 0.3 is 0 Å². The van der Waals surface area contributed by atoms with Crippen LogP contribution in [-0.4, -0.2) is 37.7 Å². The highest BCUT2D eigenvalue weighted by Crippen LogP contribution is 2.30. The maximum absolute atomic E-state index is 13.0. The number of nitrogens with zero attached hydrogens (tertiary/aromatic N) is 1. The van der Waals surface area contributed by atoms with Gasteiger partial charge in [-0.25, -0.2) is 8.42 Å². The number of hydrogen-bond acceptors (Lipinski definition) is 3. The number of ether oxygens (including phenoxy) is 1. The molecule has 29 heavy (non-hydrogen) atoms. The molecular weight excluding hydrogens is 382 g/mol. The number of sulfonamides is 1. The van der Waals surface area contributed by atoms with Crippen molar-refractivity contribution in [1.82, 2.24) is 4.31 Å². The quantitative estimate of drug-likeness (QED) is 0.718. The molecule has 3 rings (SSSR count). The van der Waals surface area contributed by atoms with Crippen LogP contribution in [0.3, 0.4) is 0 Å². The standard InChI is InChI=1S/C24H33NO3S/c1-18(2)23-17-28-14-15-29(26,27)25(23)16-20-8-6-7-9-22(20)19-10-12-21(13-11-19)24(3,4)5/h6-13,18,23H,14-17H2,1-5H3/t23-/m1/s1. The first-order valence-electron chi connectivity index (χ1n) is 10.4. The van der Waals surface area contributed by atoms with Gasteiger partial charge in [0.1, 0.15) is 0 Å². The van der Waals surface area contributed by atoms with Gasteiger partial charge in [-0.2, -0.15) is 4.31 Å². The van der Waals surface area contributed by atoms with Gasteiger partial charge in [0.2, 0.25) is 10.0 Å². The molecule has 0 radical (unpaired) electrons. The van der Waals surface area contributed by atoms with Crippen molar-refractivity contribution in [2.24, 2.45) is 5.92 Å². The molecule has 0 amide bonds. The molecule has 1 aliphatic heterocycles. The first-order valence-corrected chi connectivity index (χ1v) is 12.0. The van der Waals surface area contributed by atoms with Crippen molar-refractivity contribution in [2.45, 2.75) is 52.6 Å². The molecule has 0 aromatic heterocycles. The summed E-state index contributed by atoms with van der Waals surface area (Å²) in [6.07, 6.45) is 0. The van der Waals surface area contributed by atoms with Crippen LogP contribution >= 0.6 is 0 Å². The van der Waals surface area contributed by atoms with E-state index in [-0.39, 0.29) is 29.7 Å². The van der Waals surface area contributed by atoms with Crippen LogP contribution in [0.25, 0.3) is 11.1 Å². The van der Waals surface area contributed by atoms with E-state index >= 15 is 0 Å². The zero-order valence-corrected chi connectivity index (χ0v) is 19.0. The van der Waals surface area contributed by atoms with E-state index in [2.05, 4.69) is 65.0 Å². The van der Waals surface area contributed by atoms with Crippen molar-refractivity contribution in [1.29, 1.82) is 0 Å². The Bertz CT molecular complexity index is 927. The summed E-state index contributed by atoms with van der Waals surface area (Å²) < 4.78 is 33.2. The first kappa shape index (κ1) is 22.0. The topological polar surface area (TPSA) is 46.6 Å². The van der Waals surface area contributed by atoms with Crippen LogP contribution < -0.4 is 0 Å². The largest absolute Gasteiger partial charge is 0.379 e. The van der Waals surface area contributed by atoms with Crippen LogP contribution in [0.2, 0.25) is 0 Å². The fraction of sp³-hybridized carbons (Fsp3) is 0.500. The summed E-state index contributed by atoms with van der Waals surface area (Å²) in [7, 11) is -3.37. The summed E-state index contributed by atoms with van der Waals surface area (Å²) in [6.45, 7) is 11.8. The summed E-state index contributed by atoms with van der Waals surface area (Å²) >= 11 is 0. The second-order valence-corrected chi connectivity index (χ2v) is 11.3. The van der Waals surface area contributed by atoms with Gasteiger partial charge in [0, 0.05) is 6.54 Å². The molecule has 0 spiro atoms. The van der Waals surface area contributed by atoms with E-state index in [4.69, 9.17) is 4.74 Å². The molecule has 0 unspecified atom stereocenters. The predicted octanol–water partition coefficient (Wildman–Crippen LogP) is 4.84. The van der Waals surface area contributed by atoms with Gasteiger partial charge in [0.15, 0.2) is 0 Å². The minimum Gasteiger partial charge on any atom is -0.379 e. The minimum absolute atomic E-state index is 0.0403. The Balaban J connectivity index is 1.98. The Labute approximate surface area is 175 Å². The fourth-order valence-corrected chi connectivity index (χ4v) is 5.39. The monoisotopic (exact) mass is 415 g/mol. The van der Waals surface area contributed by atoms with Crippen molar-refractivity contribution in [2.75, 3.05) is 19.0 Å². The van der Waals surface area contributed by atoms with E-state index in [1.807, 2.05) is 18.2 Å². The summed E-state index contributed by atoms with van der Waals surface area (Å²) in [5.41, 5.74) is 4.59. The molecule has 4 nitrogen and oxygen atoms in total. The van der Waals surface area contributed by atoms with E-state index in [0.717, 1.165) is 16.7 Å². The molecule has 1 heterocycles. The van der Waals surface area contributed by atoms with Crippen molar-refractivity contribution < 1.29 is 13.2 Å². The molecule has 1 saturated heterocycles. The van der Waals surface area contributed by atoms with Gasteiger partial charge in [0.25, 0.3) is 0 Å². The zero-order chi connectivity index (χ0) is 21.2. The van der Waals surface area contributed by atoms with Crippen LogP contribution in [0.4, 0.5) is 0 Å². The fourth-order valence-electron chi connectivity index (χ4n) is 3.77. The molecule has 158 valence electrons. The van der Waals surface area contributed by atoms with Gasteiger partial charge in [-0.05, 0) is 33.6 Å². The minimum atomic E-state index is -3.37. The second-order valence-electron chi connectivity index (χ2n) is 9.23. The summed E-state index contributed by atoms with van der Waals surface area (Å²) in [5.74, 6) is 0.222. The lowest BCUT2D eigenvalue weighted by molar-refractivity contribution is 0.0902. The van der Waals surface area contributed by atoms with E-state index in [1.165, 1.54) is 5.56 Å². The Morgan fingerprint density at radius 2 is 1.72 bits per heavy atom. The lowest BCUT2D eigenvalue weighted by Crippen LogP contribution is -2.44. The zero-order valence-electron chi connectivity index (χ0n) is 18.2. The smallest absolute Gasteiger partial charge is 0.217 e. The molecule has 0 N–H and O–H groups in total. The van der Waals surface area contributed by atoms with Crippen LogP contribution in [0, 0.1) is 5.92 Å². The van der Waals surface area contributed by atoms with E-state index in [1.54, 1.807) is 4.31 Å². The molecule has 5 heteroatoms. The third kappa shape index (κ3) is 5.08. The average molecular weight is 416 g/mol. The normalized spacial score (nSPS) is 20.6. The highest BCUT2D eigenvalue weighted by atomic mass is 32.2. The molecule has 1 aliphatic rings. The van der Waals surface area contributed by atoms with Crippen molar-refractivity contribution in [3.8, 4) is 11.1 Å². The SMILES string of the molecule is CC(C)[C@H]1COCCS(=O)(=O)N1Cc1ccccc1-c1ccc(C(C)(C)C)cc1. The maximum atomic E-state index is 13.0. The van der Waals surface area contributed by atoms with Gasteiger partial charge in [0.05, 0.1) is 25.0 Å². The van der Waals surface area contributed by atoms with Crippen molar-refractivity contribution >= 4 is 10.0 Å². The number of benzene rings is 2. The predicted molar refractivity (Wildman–Crippen MR) is 119 cm³/mol. The highest BCUT2D eigenvalue weighted by molar-refractivity contribution is 7.89. The van der Waals surface area contributed by atoms with E-state index in [0.29, 0.717) is 13.2 Å². The highest BCUT2D eigenvalue weighted by Gasteiger charge is 2.35. The van der Waals surface area contributed by atoms with Crippen molar-refractivity contribution in [3.05, 3.63) is 59.7 Å². The Morgan fingerprint density at radius 3 is 2.34 bits per heavy atom. The third-order valence-corrected chi connectivity index (χ3v) is 7.47. The van der Waals surface area contributed by atoms with Gasteiger partial charge < -0.3 is 4.74 Å². The van der Waals surface area contributed by atoms with Gasteiger partial charge in [-0.3, -0.25) is 0 Å². The Hall–Kier alpha value is -1.69. The lowest BCUT2D eigenvalue weighted by atomic mass is 9.86. The molecule has 0 aliphatic carbocycles. The molecule has 2 aromatic rings. The maximum Gasteiger partial charge on any atom is 0.217 e. The summed E-state index contributed by atoms with van der Waals surface area (Å²) in [4.78, 5) is 0. The molecule has 0 saturated carbocycles. The molecular formula is C24H33NO3S. The molecule has 2 aromatic carbocycles. The second kappa shape index (κ2) is 8.58.